The van der Waals surface area contributed by atoms with Crippen LogP contribution in [-0.4, -0.2) is 16.7 Å². The van der Waals surface area contributed by atoms with Gasteiger partial charge < -0.3 is 5.11 Å². The van der Waals surface area contributed by atoms with Crippen LogP contribution in [0.25, 0.3) is 0 Å². The Morgan fingerprint density at radius 3 is 2.19 bits per heavy atom. The van der Waals surface area contributed by atoms with E-state index in [-0.39, 0.29) is 17.1 Å². The minimum absolute atomic E-state index is 0.0000218. The molecule has 0 aromatic heterocycles. The van der Waals surface area contributed by atoms with Gasteiger partial charge in [0.1, 0.15) is 5.54 Å². The zero-order valence-electron chi connectivity index (χ0n) is 21.8. The number of fused-ring (bicyclic) bond motifs is 4. The highest BCUT2D eigenvalue weighted by Gasteiger charge is 2.61. The summed E-state index contributed by atoms with van der Waals surface area (Å²) in [5.74, 6) is 2.73. The number of aliphatic hydroxyl groups excluding tert-OH is 1. The molecule has 0 bridgehead atoms. The number of rotatable bonds is 2. The number of nitroso groups, excluding NO2 is 1. The fourth-order valence-corrected chi connectivity index (χ4v) is 9.86. The van der Waals surface area contributed by atoms with E-state index < -0.39 is 0 Å². The van der Waals surface area contributed by atoms with E-state index in [4.69, 9.17) is 0 Å². The van der Waals surface area contributed by atoms with Gasteiger partial charge in [-0.2, -0.15) is 4.91 Å². The third-order valence-electron chi connectivity index (χ3n) is 12.1. The summed E-state index contributed by atoms with van der Waals surface area (Å²) in [6.07, 6.45) is 12.1. The van der Waals surface area contributed by atoms with Crippen LogP contribution in [0.3, 0.4) is 0 Å². The maximum atomic E-state index is 12.3. The minimum atomic E-state index is -0.362. The Morgan fingerprint density at radius 1 is 0.875 bits per heavy atom. The van der Waals surface area contributed by atoms with Crippen LogP contribution in [0.4, 0.5) is 0 Å². The monoisotopic (exact) mass is 443 g/mol. The molecule has 32 heavy (non-hydrogen) atoms. The van der Waals surface area contributed by atoms with Gasteiger partial charge in [0.15, 0.2) is 0 Å². The third kappa shape index (κ3) is 3.46. The Hall–Kier alpha value is -0.700. The molecule has 0 aromatic rings. The van der Waals surface area contributed by atoms with Gasteiger partial charge in [0, 0.05) is 0 Å². The van der Waals surface area contributed by atoms with Crippen LogP contribution < -0.4 is 0 Å². The van der Waals surface area contributed by atoms with Crippen LogP contribution in [0.2, 0.25) is 0 Å². The quantitative estimate of drug-likeness (QED) is 0.348. The van der Waals surface area contributed by atoms with Crippen molar-refractivity contribution >= 4 is 0 Å². The molecule has 182 valence electrons. The molecule has 0 spiro atoms. The summed E-state index contributed by atoms with van der Waals surface area (Å²) in [6, 6.07) is 0. The maximum absolute atomic E-state index is 12.3. The summed E-state index contributed by atoms with van der Waals surface area (Å²) in [5.41, 5.74) is 1.50. The average molecular weight is 444 g/mol. The summed E-state index contributed by atoms with van der Waals surface area (Å²) >= 11 is 0. The van der Waals surface area contributed by atoms with E-state index in [0.29, 0.717) is 40.4 Å². The molecule has 3 nitrogen and oxygen atoms in total. The Morgan fingerprint density at radius 2 is 1.53 bits per heavy atom. The van der Waals surface area contributed by atoms with Gasteiger partial charge in [-0.1, -0.05) is 58.4 Å². The molecule has 0 aliphatic heterocycles. The third-order valence-corrected chi connectivity index (χ3v) is 12.1. The van der Waals surface area contributed by atoms with Crippen molar-refractivity contribution in [2.75, 3.05) is 0 Å². The molecular formula is C29H49NO2. The molecule has 1 N–H and O–H groups in total. The van der Waals surface area contributed by atoms with E-state index in [1.807, 2.05) is 0 Å². The summed E-state index contributed by atoms with van der Waals surface area (Å²) in [6.45, 7) is 18.7. The van der Waals surface area contributed by atoms with Gasteiger partial charge in [-0.25, -0.2) is 0 Å². The second-order valence-electron chi connectivity index (χ2n) is 13.7. The van der Waals surface area contributed by atoms with E-state index in [0.717, 1.165) is 44.9 Å². The van der Waals surface area contributed by atoms with Crippen LogP contribution >= 0.6 is 0 Å². The highest BCUT2D eigenvalue weighted by Crippen LogP contribution is 2.67. The predicted molar refractivity (Wildman–Crippen MR) is 133 cm³/mol. The van der Waals surface area contributed by atoms with E-state index in [1.165, 1.54) is 31.3 Å². The van der Waals surface area contributed by atoms with Crippen molar-refractivity contribution < 1.29 is 5.11 Å². The number of nitrogens with zero attached hydrogens (tertiary/aromatic N) is 1. The molecule has 0 radical (unpaired) electrons. The van der Waals surface area contributed by atoms with Gasteiger partial charge in [0.2, 0.25) is 0 Å². The van der Waals surface area contributed by atoms with Crippen molar-refractivity contribution in [2.45, 2.75) is 124 Å². The largest absolute Gasteiger partial charge is 0.393 e. The molecule has 4 aliphatic carbocycles. The van der Waals surface area contributed by atoms with Crippen molar-refractivity contribution in [2.24, 2.45) is 51.0 Å². The first-order chi connectivity index (χ1) is 14.9. The minimum Gasteiger partial charge on any atom is -0.393 e. The Balaban J connectivity index is 1.68. The first kappa shape index (κ1) is 24.4. The first-order valence-electron chi connectivity index (χ1n) is 13.6. The second-order valence-corrected chi connectivity index (χ2v) is 13.7. The van der Waals surface area contributed by atoms with E-state index >= 15 is 0 Å². The fraction of sp³-hybridized carbons (Fsp3) is 0.931. The maximum Gasteiger partial charge on any atom is 0.106 e. The molecule has 9 unspecified atom stereocenters. The SMILES string of the molecule is C=C(C)C1CCC2(N=O)CCC(C)C3(C)CCC4C(C)(C)C(O)CCC4(C)C3CCCC12. The lowest BCUT2D eigenvalue weighted by atomic mass is 9.40. The topological polar surface area (TPSA) is 49.7 Å². The molecule has 4 rings (SSSR count). The normalized spacial score (nSPS) is 51.1. The number of allylic oxidation sites excluding steroid dienone is 1. The lowest BCUT2D eigenvalue weighted by Crippen LogP contribution is -2.59. The molecule has 3 heteroatoms. The Labute approximate surface area is 197 Å². The zero-order valence-corrected chi connectivity index (χ0v) is 21.8. The van der Waals surface area contributed by atoms with Crippen LogP contribution in [0.5, 0.6) is 0 Å². The number of aliphatic hydroxyl groups is 1. The predicted octanol–water partition coefficient (Wildman–Crippen LogP) is 7.91. The molecule has 0 saturated heterocycles. The van der Waals surface area contributed by atoms with Gasteiger partial charge in [-0.15, -0.1) is 0 Å². The lowest BCUT2D eigenvalue weighted by molar-refractivity contribution is -0.184. The summed E-state index contributed by atoms with van der Waals surface area (Å²) in [4.78, 5) is 12.3. The van der Waals surface area contributed by atoms with Crippen molar-refractivity contribution in [1.29, 1.82) is 0 Å². The summed E-state index contributed by atoms with van der Waals surface area (Å²) in [5, 5.41) is 14.8. The van der Waals surface area contributed by atoms with Crippen molar-refractivity contribution in [3.8, 4) is 0 Å². The molecule has 4 fully saturated rings. The van der Waals surface area contributed by atoms with E-state index in [2.05, 4.69) is 53.3 Å². The lowest BCUT2D eigenvalue weighted by Gasteiger charge is -2.65. The molecule has 0 amide bonds. The fourth-order valence-electron chi connectivity index (χ4n) is 9.86. The molecule has 9 atom stereocenters. The zero-order chi connectivity index (χ0) is 23.5. The van der Waals surface area contributed by atoms with Crippen LogP contribution in [0.15, 0.2) is 17.3 Å². The highest BCUT2D eigenvalue weighted by atomic mass is 16.3. The summed E-state index contributed by atoms with van der Waals surface area (Å²) < 4.78 is 0. The van der Waals surface area contributed by atoms with Crippen molar-refractivity contribution in [3.05, 3.63) is 17.1 Å². The molecule has 4 aliphatic rings. The number of hydrogen-bond acceptors (Lipinski definition) is 3. The van der Waals surface area contributed by atoms with E-state index in [1.54, 1.807) is 0 Å². The first-order valence-corrected chi connectivity index (χ1v) is 13.6. The van der Waals surface area contributed by atoms with Gasteiger partial charge >= 0.3 is 0 Å². The highest BCUT2D eigenvalue weighted by molar-refractivity contribution is 5.14. The standard InChI is InChI=1S/C29H49NO2/c1-19(2)21-12-18-29(30-32)17-11-20(3)27(6)15-13-23-26(4,5)25(31)14-16-28(23,7)24(27)10-8-9-22(21)29/h20-25,31H,1,8-18H2,2-7H3. The van der Waals surface area contributed by atoms with Crippen LogP contribution in [0.1, 0.15) is 112 Å². The average Bonchev–Trinajstić information content (AvgIpc) is 3.10. The van der Waals surface area contributed by atoms with Crippen molar-refractivity contribution in [3.63, 3.8) is 0 Å². The summed E-state index contributed by atoms with van der Waals surface area (Å²) in [7, 11) is 0. The van der Waals surface area contributed by atoms with Gasteiger partial charge in [0.05, 0.1) is 6.10 Å². The van der Waals surface area contributed by atoms with Crippen molar-refractivity contribution in [1.82, 2.24) is 0 Å². The smallest absolute Gasteiger partial charge is 0.106 e. The Kier molecular flexibility index (Phi) is 6.26. The second kappa shape index (κ2) is 8.21. The van der Waals surface area contributed by atoms with Gasteiger partial charge in [-0.3, -0.25) is 0 Å². The number of hydrogen-bond donors (Lipinski definition) is 1. The van der Waals surface area contributed by atoms with Crippen LogP contribution in [-0.2, 0) is 0 Å². The molecule has 0 aromatic carbocycles. The van der Waals surface area contributed by atoms with Gasteiger partial charge in [-0.05, 0) is 117 Å². The van der Waals surface area contributed by atoms with Crippen LogP contribution in [0, 0.1) is 50.7 Å². The Bertz CT molecular complexity index is 745. The van der Waals surface area contributed by atoms with E-state index in [9.17, 15) is 10.0 Å². The molecule has 4 saturated carbocycles. The molecule has 0 heterocycles. The molecular weight excluding hydrogens is 394 g/mol. The van der Waals surface area contributed by atoms with Gasteiger partial charge in [0.25, 0.3) is 0 Å².